The van der Waals surface area contributed by atoms with Crippen molar-refractivity contribution in [3.05, 3.63) is 29.3 Å². The molecule has 1 spiro atoms. The van der Waals surface area contributed by atoms with Crippen molar-refractivity contribution in [2.75, 3.05) is 32.8 Å². The second-order valence-corrected chi connectivity index (χ2v) is 6.81. The van der Waals surface area contributed by atoms with Crippen LogP contribution in [-0.2, 0) is 4.79 Å². The fourth-order valence-corrected chi connectivity index (χ4v) is 3.58. The van der Waals surface area contributed by atoms with Crippen molar-refractivity contribution in [3.8, 4) is 5.75 Å². The number of carbonyl (C=O) groups is 1. The quantitative estimate of drug-likeness (QED) is 0.902. The summed E-state index contributed by atoms with van der Waals surface area (Å²) >= 11 is 5.83. The van der Waals surface area contributed by atoms with Crippen molar-refractivity contribution in [1.29, 1.82) is 0 Å². The Morgan fingerprint density at radius 2 is 1.74 bits per heavy atom. The molecule has 0 aromatic heterocycles. The summed E-state index contributed by atoms with van der Waals surface area (Å²) in [4.78, 5) is 14.2. The summed E-state index contributed by atoms with van der Waals surface area (Å²) < 4.78 is 5.55. The predicted molar refractivity (Wildman–Crippen MR) is 94.5 cm³/mol. The molecule has 0 atom stereocenters. The lowest BCUT2D eigenvalue weighted by Crippen LogP contribution is -2.48. The molecule has 128 valence electrons. The highest BCUT2D eigenvalue weighted by Crippen LogP contribution is 2.39. The zero-order chi connectivity index (χ0) is 15.4. The molecule has 0 bridgehead atoms. The van der Waals surface area contributed by atoms with Gasteiger partial charge >= 0.3 is 0 Å². The minimum Gasteiger partial charge on any atom is -0.484 e. The molecule has 23 heavy (non-hydrogen) atoms. The van der Waals surface area contributed by atoms with E-state index in [9.17, 15) is 4.79 Å². The van der Waals surface area contributed by atoms with Crippen LogP contribution in [0.1, 0.15) is 25.7 Å². The van der Waals surface area contributed by atoms with E-state index in [2.05, 4.69) is 5.32 Å². The molecular weight excluding hydrogens is 335 g/mol. The van der Waals surface area contributed by atoms with Gasteiger partial charge in [0, 0.05) is 18.1 Å². The van der Waals surface area contributed by atoms with E-state index < -0.39 is 0 Å². The number of likely N-dealkylation sites (tertiary alicyclic amines) is 1. The minimum absolute atomic E-state index is 0. The first-order chi connectivity index (χ1) is 10.7. The summed E-state index contributed by atoms with van der Waals surface area (Å²) in [6.45, 7) is 4.07. The van der Waals surface area contributed by atoms with Crippen LogP contribution in [-0.4, -0.2) is 43.6 Å². The van der Waals surface area contributed by atoms with E-state index in [1.165, 1.54) is 12.8 Å². The van der Waals surface area contributed by atoms with E-state index >= 15 is 0 Å². The van der Waals surface area contributed by atoms with Crippen molar-refractivity contribution < 1.29 is 9.53 Å². The molecule has 6 heteroatoms. The molecule has 2 aliphatic rings. The summed E-state index contributed by atoms with van der Waals surface area (Å²) in [5, 5.41) is 4.09. The van der Waals surface area contributed by atoms with E-state index in [-0.39, 0.29) is 24.9 Å². The van der Waals surface area contributed by atoms with Crippen LogP contribution in [0.5, 0.6) is 5.75 Å². The first-order valence-electron chi connectivity index (χ1n) is 8.04. The molecule has 1 aromatic carbocycles. The monoisotopic (exact) mass is 358 g/mol. The third kappa shape index (κ3) is 4.75. The van der Waals surface area contributed by atoms with Gasteiger partial charge in [0.05, 0.1) is 0 Å². The predicted octanol–water partition coefficient (Wildman–Crippen LogP) is 3.13. The van der Waals surface area contributed by atoms with Gasteiger partial charge in [0.15, 0.2) is 6.61 Å². The normalized spacial score (nSPS) is 20.0. The number of hydrogen-bond donors (Lipinski definition) is 1. The Morgan fingerprint density at radius 1 is 1.13 bits per heavy atom. The summed E-state index contributed by atoms with van der Waals surface area (Å²) in [5.74, 6) is 0.767. The lowest BCUT2D eigenvalue weighted by molar-refractivity contribution is -0.136. The maximum atomic E-state index is 12.3. The Balaban J connectivity index is 0.00000192. The molecule has 2 aliphatic heterocycles. The third-order valence-electron chi connectivity index (χ3n) is 5.02. The number of hydrogen-bond acceptors (Lipinski definition) is 3. The standard InChI is InChI=1S/C17H23ClN2O2.ClH/c18-14-1-3-15(4-2-14)22-13-16(21)20-11-7-17(8-12-20)5-9-19-10-6-17;/h1-4,19H,5-13H2;1H. The Hall–Kier alpha value is -0.970. The molecule has 0 saturated carbocycles. The molecule has 2 saturated heterocycles. The van der Waals surface area contributed by atoms with Gasteiger partial charge in [0.2, 0.25) is 0 Å². The molecule has 0 unspecified atom stereocenters. The van der Waals surface area contributed by atoms with Crippen LogP contribution in [0.4, 0.5) is 0 Å². The average molecular weight is 359 g/mol. The highest BCUT2D eigenvalue weighted by atomic mass is 35.5. The second kappa shape index (κ2) is 8.22. The molecule has 3 rings (SSSR count). The number of piperidine rings is 2. The van der Waals surface area contributed by atoms with Crippen molar-refractivity contribution in [1.82, 2.24) is 10.2 Å². The van der Waals surface area contributed by atoms with Gasteiger partial charge in [-0.05, 0) is 68.5 Å². The molecule has 1 amide bonds. The average Bonchev–Trinajstić information content (AvgIpc) is 2.55. The number of ether oxygens (including phenoxy) is 1. The van der Waals surface area contributed by atoms with Crippen LogP contribution in [0, 0.1) is 5.41 Å². The van der Waals surface area contributed by atoms with Crippen molar-refractivity contribution in [2.24, 2.45) is 5.41 Å². The van der Waals surface area contributed by atoms with Crippen LogP contribution in [0.2, 0.25) is 5.02 Å². The highest BCUT2D eigenvalue weighted by Gasteiger charge is 2.36. The minimum atomic E-state index is 0. The fourth-order valence-electron chi connectivity index (χ4n) is 3.45. The zero-order valence-corrected chi connectivity index (χ0v) is 14.8. The van der Waals surface area contributed by atoms with E-state index in [0.29, 0.717) is 16.2 Å². The number of carbonyl (C=O) groups excluding carboxylic acids is 1. The van der Waals surface area contributed by atoms with Crippen molar-refractivity contribution in [2.45, 2.75) is 25.7 Å². The van der Waals surface area contributed by atoms with Gasteiger partial charge in [-0.3, -0.25) is 4.79 Å². The number of amides is 1. The van der Waals surface area contributed by atoms with E-state index in [4.69, 9.17) is 16.3 Å². The number of halogens is 2. The first-order valence-corrected chi connectivity index (χ1v) is 8.42. The number of nitrogens with one attached hydrogen (secondary N) is 1. The van der Waals surface area contributed by atoms with Crippen molar-refractivity contribution >= 4 is 29.9 Å². The Kier molecular flexibility index (Phi) is 6.57. The summed E-state index contributed by atoms with van der Waals surface area (Å²) in [5.41, 5.74) is 0.471. The molecule has 1 N–H and O–H groups in total. The topological polar surface area (TPSA) is 41.6 Å². The molecule has 0 radical (unpaired) electrons. The van der Waals surface area contributed by atoms with Gasteiger partial charge in [-0.2, -0.15) is 0 Å². The molecule has 1 aromatic rings. The van der Waals surface area contributed by atoms with E-state index in [1.807, 2.05) is 4.90 Å². The molecular formula is C17H24Cl2N2O2. The van der Waals surface area contributed by atoms with Gasteiger partial charge < -0.3 is 15.0 Å². The highest BCUT2D eigenvalue weighted by molar-refractivity contribution is 6.30. The van der Waals surface area contributed by atoms with Crippen LogP contribution in [0.15, 0.2) is 24.3 Å². The van der Waals surface area contributed by atoms with Crippen LogP contribution in [0.3, 0.4) is 0 Å². The smallest absolute Gasteiger partial charge is 0.260 e. The lowest BCUT2D eigenvalue weighted by atomic mass is 9.71. The third-order valence-corrected chi connectivity index (χ3v) is 5.27. The van der Waals surface area contributed by atoms with Crippen LogP contribution < -0.4 is 10.1 Å². The second-order valence-electron chi connectivity index (χ2n) is 6.37. The van der Waals surface area contributed by atoms with E-state index in [1.54, 1.807) is 24.3 Å². The molecule has 2 fully saturated rings. The largest absolute Gasteiger partial charge is 0.484 e. The molecule has 4 nitrogen and oxygen atoms in total. The van der Waals surface area contributed by atoms with Gasteiger partial charge in [0.25, 0.3) is 5.91 Å². The van der Waals surface area contributed by atoms with Gasteiger partial charge in [-0.25, -0.2) is 0 Å². The summed E-state index contributed by atoms with van der Waals surface area (Å²) in [7, 11) is 0. The Bertz CT molecular complexity index is 506. The van der Waals surface area contributed by atoms with Gasteiger partial charge in [-0.15, -0.1) is 12.4 Å². The fraction of sp³-hybridized carbons (Fsp3) is 0.588. The summed E-state index contributed by atoms with van der Waals surface area (Å²) in [6, 6.07) is 7.11. The first kappa shape index (κ1) is 18.4. The maximum Gasteiger partial charge on any atom is 0.260 e. The SMILES string of the molecule is Cl.O=C(COc1ccc(Cl)cc1)N1CCC2(CCNCC2)CC1. The van der Waals surface area contributed by atoms with Gasteiger partial charge in [-0.1, -0.05) is 11.6 Å². The van der Waals surface area contributed by atoms with E-state index in [0.717, 1.165) is 39.0 Å². The lowest BCUT2D eigenvalue weighted by Gasteiger charge is -2.44. The zero-order valence-electron chi connectivity index (χ0n) is 13.2. The maximum absolute atomic E-state index is 12.3. The number of benzene rings is 1. The van der Waals surface area contributed by atoms with Crippen molar-refractivity contribution in [3.63, 3.8) is 0 Å². The van der Waals surface area contributed by atoms with Crippen LogP contribution in [0.25, 0.3) is 0 Å². The Morgan fingerprint density at radius 3 is 2.35 bits per heavy atom. The Labute approximate surface area is 148 Å². The van der Waals surface area contributed by atoms with Crippen LogP contribution >= 0.6 is 24.0 Å². The number of rotatable bonds is 3. The molecule has 2 heterocycles. The summed E-state index contributed by atoms with van der Waals surface area (Å²) in [6.07, 6.45) is 4.75. The van der Waals surface area contributed by atoms with Gasteiger partial charge in [0.1, 0.15) is 5.75 Å². The number of nitrogens with zero attached hydrogens (tertiary/aromatic N) is 1. The molecule has 0 aliphatic carbocycles.